The monoisotopic (exact) mass is 534 g/mol. The molecule has 3 aromatic rings. The van der Waals surface area contributed by atoms with E-state index in [9.17, 15) is 14.4 Å². The number of nitrogens with zero attached hydrogens (tertiary/aromatic N) is 1. The van der Waals surface area contributed by atoms with Crippen LogP contribution >= 0.6 is 0 Å². The van der Waals surface area contributed by atoms with E-state index in [0.29, 0.717) is 5.56 Å². The van der Waals surface area contributed by atoms with Crippen LogP contribution in [-0.2, 0) is 16.8 Å². The summed E-state index contributed by atoms with van der Waals surface area (Å²) in [6, 6.07) is 22.0. The highest BCUT2D eigenvalue weighted by atomic mass is 19.4. The van der Waals surface area contributed by atoms with Crippen molar-refractivity contribution in [2.75, 3.05) is 0 Å². The molecule has 1 aliphatic heterocycles. The minimum absolute atomic E-state index is 0.0291. The van der Waals surface area contributed by atoms with E-state index in [1.165, 1.54) is 43.3 Å². The van der Waals surface area contributed by atoms with E-state index in [1.807, 2.05) is 26.1 Å². The first kappa shape index (κ1) is 27.8. The Balaban J connectivity index is 1.85. The Labute approximate surface area is 225 Å². The van der Waals surface area contributed by atoms with E-state index >= 15 is 13.2 Å². The van der Waals surface area contributed by atoms with Crippen LogP contribution in [0.1, 0.15) is 59.5 Å². The Kier molecular flexibility index (Phi) is 7.25. The number of alkyl halides is 3. The lowest BCUT2D eigenvalue weighted by Gasteiger charge is -2.33. The van der Waals surface area contributed by atoms with Gasteiger partial charge < -0.3 is 10.2 Å². The molecular formula is C31H29F3N2O3. The van der Waals surface area contributed by atoms with Crippen molar-refractivity contribution in [3.8, 4) is 0 Å². The topological polar surface area (TPSA) is 66.5 Å². The molecule has 0 saturated heterocycles. The van der Waals surface area contributed by atoms with Crippen molar-refractivity contribution in [3.05, 3.63) is 118 Å². The van der Waals surface area contributed by atoms with Gasteiger partial charge in [0.1, 0.15) is 0 Å². The number of hydrogen-bond donors (Lipinski definition) is 1. The summed E-state index contributed by atoms with van der Waals surface area (Å²) in [6.45, 7) is 7.00. The fraction of sp³-hybridized carbons (Fsp3) is 0.258. The minimum atomic E-state index is -5.32. The van der Waals surface area contributed by atoms with Gasteiger partial charge in [-0.2, -0.15) is 13.2 Å². The van der Waals surface area contributed by atoms with E-state index < -0.39 is 34.9 Å². The van der Waals surface area contributed by atoms with Crippen molar-refractivity contribution in [1.82, 2.24) is 10.2 Å². The number of rotatable bonds is 6. The van der Waals surface area contributed by atoms with Crippen LogP contribution in [0.3, 0.4) is 0 Å². The van der Waals surface area contributed by atoms with Gasteiger partial charge in [-0.05, 0) is 35.6 Å². The number of allylic oxidation sites excluding steroid dienone is 1. The number of nitrogens with one attached hydrogen (secondary N) is 1. The molecule has 1 aliphatic rings. The maximum atomic E-state index is 15.1. The Morgan fingerprint density at radius 2 is 1.36 bits per heavy atom. The van der Waals surface area contributed by atoms with Crippen LogP contribution in [-0.4, -0.2) is 34.2 Å². The van der Waals surface area contributed by atoms with E-state index in [4.69, 9.17) is 0 Å². The third-order valence-electron chi connectivity index (χ3n) is 6.89. The summed E-state index contributed by atoms with van der Waals surface area (Å²) in [5.74, 6) is -3.54. The second kappa shape index (κ2) is 10.2. The van der Waals surface area contributed by atoms with Crippen molar-refractivity contribution in [2.24, 2.45) is 0 Å². The molecule has 3 aromatic carbocycles. The highest BCUT2D eigenvalue weighted by molar-refractivity contribution is 6.19. The van der Waals surface area contributed by atoms with Gasteiger partial charge in [0.25, 0.3) is 11.8 Å². The molecule has 1 heterocycles. The van der Waals surface area contributed by atoms with Crippen molar-refractivity contribution in [3.63, 3.8) is 0 Å². The maximum absolute atomic E-state index is 15.1. The summed E-state index contributed by atoms with van der Waals surface area (Å²) in [5, 5.41) is 1.97. The zero-order valence-electron chi connectivity index (χ0n) is 22.1. The number of ketones is 1. The van der Waals surface area contributed by atoms with Crippen LogP contribution in [0.5, 0.6) is 0 Å². The molecule has 0 aromatic heterocycles. The molecule has 8 heteroatoms. The second-order valence-electron chi connectivity index (χ2n) is 10.6. The average Bonchev–Trinajstić information content (AvgIpc) is 3.10. The molecule has 1 N–H and O–H groups in total. The van der Waals surface area contributed by atoms with E-state index in [2.05, 4.69) is 0 Å². The zero-order valence-corrected chi connectivity index (χ0v) is 22.1. The highest BCUT2D eigenvalue weighted by Crippen LogP contribution is 2.46. The molecule has 2 amide bonds. The Bertz CT molecular complexity index is 1420. The molecule has 39 heavy (non-hydrogen) atoms. The summed E-state index contributed by atoms with van der Waals surface area (Å²) in [5.41, 5.74) is -3.44. The van der Waals surface area contributed by atoms with E-state index in [-0.39, 0.29) is 28.8 Å². The first-order chi connectivity index (χ1) is 18.3. The lowest BCUT2D eigenvalue weighted by molar-refractivity contribution is -0.189. The van der Waals surface area contributed by atoms with Crippen molar-refractivity contribution in [2.45, 2.75) is 51.4 Å². The van der Waals surface area contributed by atoms with E-state index in [0.717, 1.165) is 10.5 Å². The molecule has 5 nitrogen and oxygen atoms in total. The van der Waals surface area contributed by atoms with Gasteiger partial charge in [-0.25, -0.2) is 0 Å². The van der Waals surface area contributed by atoms with Crippen LogP contribution in [0.2, 0.25) is 0 Å². The molecule has 0 saturated carbocycles. The normalized spacial score (nSPS) is 17.9. The van der Waals surface area contributed by atoms with Gasteiger partial charge in [0.15, 0.2) is 5.78 Å². The van der Waals surface area contributed by atoms with Gasteiger partial charge >= 0.3 is 6.18 Å². The maximum Gasteiger partial charge on any atom is 0.425 e. The van der Waals surface area contributed by atoms with Gasteiger partial charge in [-0.1, -0.05) is 93.6 Å². The SMILES string of the molecule is CC1=C(C(=O)c2ccccc2)C(NC(=O)c2ccc(C(C)(C)C)cc2)(C(F)(F)F)C(=O)N1Cc1ccccc1. The quantitative estimate of drug-likeness (QED) is 0.382. The number of hydrogen-bond acceptors (Lipinski definition) is 3. The van der Waals surface area contributed by atoms with Crippen LogP contribution in [0.15, 0.2) is 96.2 Å². The fourth-order valence-electron chi connectivity index (χ4n) is 4.71. The largest absolute Gasteiger partial charge is 0.425 e. The standard InChI is InChI=1S/C31H29F3N2O3/c1-20-25(26(37)22-13-9-6-10-14-22)30(31(32,33)34,28(39)36(20)19-21-11-7-5-8-12-21)35-27(38)23-15-17-24(18-16-23)29(2,3)4/h5-18H,19H2,1-4H3,(H,35,38). The average molecular weight is 535 g/mol. The number of benzene rings is 3. The molecule has 4 rings (SSSR count). The Morgan fingerprint density at radius 1 is 0.821 bits per heavy atom. The minimum Gasteiger partial charge on any atom is -0.326 e. The van der Waals surface area contributed by atoms with Crippen LogP contribution in [0.25, 0.3) is 0 Å². The van der Waals surface area contributed by atoms with Crippen molar-refractivity contribution in [1.29, 1.82) is 0 Å². The molecule has 0 radical (unpaired) electrons. The van der Waals surface area contributed by atoms with Crippen LogP contribution < -0.4 is 5.32 Å². The van der Waals surface area contributed by atoms with Crippen molar-refractivity contribution < 1.29 is 27.6 Å². The van der Waals surface area contributed by atoms with E-state index in [1.54, 1.807) is 48.5 Å². The predicted octanol–water partition coefficient (Wildman–Crippen LogP) is 6.21. The van der Waals surface area contributed by atoms with Gasteiger partial charge in [0, 0.05) is 16.8 Å². The first-order valence-corrected chi connectivity index (χ1v) is 12.4. The summed E-state index contributed by atoms with van der Waals surface area (Å²) in [6.07, 6.45) is -5.32. The van der Waals surface area contributed by atoms with Gasteiger partial charge in [-0.15, -0.1) is 0 Å². The Hall–Kier alpha value is -4.20. The number of Topliss-reactive ketones (excluding diaryl/α,β-unsaturated/α-hetero) is 1. The molecule has 0 aliphatic carbocycles. The zero-order chi connectivity index (χ0) is 28.6. The molecule has 0 fully saturated rings. The number of amides is 2. The molecule has 202 valence electrons. The van der Waals surface area contributed by atoms with Crippen LogP contribution in [0.4, 0.5) is 13.2 Å². The lowest BCUT2D eigenvalue weighted by Crippen LogP contribution is -2.66. The third kappa shape index (κ3) is 5.11. The highest BCUT2D eigenvalue weighted by Gasteiger charge is 2.70. The Morgan fingerprint density at radius 3 is 1.87 bits per heavy atom. The lowest BCUT2D eigenvalue weighted by atomic mass is 9.83. The summed E-state index contributed by atoms with van der Waals surface area (Å²) in [4.78, 5) is 41.7. The number of halogens is 3. The third-order valence-corrected chi connectivity index (χ3v) is 6.89. The van der Waals surface area contributed by atoms with Gasteiger partial charge in [0.05, 0.1) is 12.1 Å². The molecule has 1 unspecified atom stereocenters. The fourth-order valence-corrected chi connectivity index (χ4v) is 4.71. The molecule has 0 bridgehead atoms. The predicted molar refractivity (Wildman–Crippen MR) is 142 cm³/mol. The summed E-state index contributed by atoms with van der Waals surface area (Å²) < 4.78 is 45.4. The van der Waals surface area contributed by atoms with Crippen LogP contribution in [0, 0.1) is 0 Å². The second-order valence-corrected chi connectivity index (χ2v) is 10.6. The summed E-state index contributed by atoms with van der Waals surface area (Å²) in [7, 11) is 0. The first-order valence-electron chi connectivity index (χ1n) is 12.4. The summed E-state index contributed by atoms with van der Waals surface area (Å²) >= 11 is 0. The molecular weight excluding hydrogens is 505 g/mol. The van der Waals surface area contributed by atoms with Gasteiger partial charge in [0.2, 0.25) is 5.54 Å². The molecule has 0 spiro atoms. The number of carbonyl (C=O) groups excluding carboxylic acids is 3. The van der Waals surface area contributed by atoms with Gasteiger partial charge in [-0.3, -0.25) is 14.4 Å². The number of carbonyl (C=O) groups is 3. The smallest absolute Gasteiger partial charge is 0.326 e. The van der Waals surface area contributed by atoms with Crippen molar-refractivity contribution >= 4 is 17.6 Å². The molecule has 1 atom stereocenters.